The summed E-state index contributed by atoms with van der Waals surface area (Å²) in [5, 5.41) is 8.09. The molecule has 7 heteroatoms. The fraction of sp³-hybridized carbons (Fsp3) is 0.158. The summed E-state index contributed by atoms with van der Waals surface area (Å²) in [6.07, 6.45) is 0. The third kappa shape index (κ3) is 3.84. The molecule has 0 bridgehead atoms. The highest BCUT2D eigenvalue weighted by molar-refractivity contribution is 6.34. The molecule has 0 spiro atoms. The molecule has 0 aliphatic rings. The summed E-state index contributed by atoms with van der Waals surface area (Å²) in [5.41, 5.74) is 2.37. The Hall–Kier alpha value is -2.50. The molecule has 3 aromatic rings. The number of aryl methyl sites for hydroxylation is 1. The molecule has 0 fully saturated rings. The molecule has 0 aliphatic heterocycles. The number of nitrogens with zero attached hydrogens (tertiary/aromatic N) is 2. The number of hydrogen-bond acceptors (Lipinski definition) is 3. The number of carbonyl (C=O) groups is 1. The average molecular weight is 390 g/mol. The Balaban J connectivity index is 1.85. The summed E-state index contributed by atoms with van der Waals surface area (Å²) in [6, 6.07) is 14.5. The van der Waals surface area contributed by atoms with Gasteiger partial charge in [-0.1, -0.05) is 47.5 Å². The van der Waals surface area contributed by atoms with E-state index in [0.29, 0.717) is 34.3 Å². The Morgan fingerprint density at radius 3 is 2.69 bits per heavy atom. The van der Waals surface area contributed by atoms with Crippen LogP contribution in [0.1, 0.15) is 21.6 Å². The second-order valence-electron chi connectivity index (χ2n) is 5.69. The minimum absolute atomic E-state index is 0.266. The molecule has 5 nitrogen and oxygen atoms in total. The van der Waals surface area contributed by atoms with Crippen LogP contribution in [0.2, 0.25) is 10.2 Å². The SMILES string of the molecule is COc1cccc(NC(=O)c2c(C)nn(Cc3ccccc3Cl)c2Cl)c1. The van der Waals surface area contributed by atoms with Gasteiger partial charge in [0, 0.05) is 16.8 Å². The van der Waals surface area contributed by atoms with Crippen LogP contribution < -0.4 is 10.1 Å². The highest BCUT2D eigenvalue weighted by Crippen LogP contribution is 2.25. The Morgan fingerprint density at radius 2 is 1.96 bits per heavy atom. The molecule has 1 N–H and O–H groups in total. The molecule has 2 aromatic carbocycles. The molecular formula is C19H17Cl2N3O2. The van der Waals surface area contributed by atoms with E-state index >= 15 is 0 Å². The van der Waals surface area contributed by atoms with Crippen molar-refractivity contribution in [3.05, 3.63) is 75.5 Å². The number of methoxy groups -OCH3 is 1. The number of anilines is 1. The monoisotopic (exact) mass is 389 g/mol. The number of aromatic nitrogens is 2. The van der Waals surface area contributed by atoms with Crippen molar-refractivity contribution >= 4 is 34.8 Å². The summed E-state index contributed by atoms with van der Waals surface area (Å²) >= 11 is 12.6. The van der Waals surface area contributed by atoms with E-state index in [1.807, 2.05) is 18.2 Å². The van der Waals surface area contributed by atoms with Crippen LogP contribution in [0.4, 0.5) is 5.69 Å². The first-order chi connectivity index (χ1) is 12.5. The fourth-order valence-electron chi connectivity index (χ4n) is 2.60. The van der Waals surface area contributed by atoms with Gasteiger partial charge in [0.15, 0.2) is 0 Å². The van der Waals surface area contributed by atoms with Crippen LogP contribution >= 0.6 is 23.2 Å². The number of benzene rings is 2. The molecule has 0 saturated carbocycles. The van der Waals surface area contributed by atoms with Crippen LogP contribution in [-0.2, 0) is 6.54 Å². The van der Waals surface area contributed by atoms with Gasteiger partial charge in [0.25, 0.3) is 5.91 Å². The third-order valence-electron chi connectivity index (χ3n) is 3.90. The van der Waals surface area contributed by atoms with Crippen molar-refractivity contribution in [2.75, 3.05) is 12.4 Å². The summed E-state index contributed by atoms with van der Waals surface area (Å²) in [5.74, 6) is 0.325. The Kier molecular flexibility index (Phi) is 5.49. The third-order valence-corrected chi connectivity index (χ3v) is 4.65. The van der Waals surface area contributed by atoms with Gasteiger partial charge in [0.1, 0.15) is 10.9 Å². The predicted octanol–water partition coefficient (Wildman–Crippen LogP) is 4.81. The van der Waals surface area contributed by atoms with Crippen molar-refractivity contribution in [2.24, 2.45) is 0 Å². The summed E-state index contributed by atoms with van der Waals surface area (Å²) in [4.78, 5) is 12.7. The van der Waals surface area contributed by atoms with E-state index in [-0.39, 0.29) is 11.1 Å². The molecule has 26 heavy (non-hydrogen) atoms. The van der Waals surface area contributed by atoms with Crippen molar-refractivity contribution in [3.63, 3.8) is 0 Å². The summed E-state index contributed by atoms with van der Waals surface area (Å²) in [6.45, 7) is 2.13. The molecule has 1 heterocycles. The van der Waals surface area contributed by atoms with Crippen molar-refractivity contribution in [1.29, 1.82) is 0 Å². The maximum atomic E-state index is 12.7. The normalized spacial score (nSPS) is 10.6. The number of carbonyl (C=O) groups excluding carboxylic acids is 1. The molecule has 1 aromatic heterocycles. The number of amides is 1. The van der Waals surface area contributed by atoms with E-state index < -0.39 is 0 Å². The van der Waals surface area contributed by atoms with Gasteiger partial charge in [0.2, 0.25) is 0 Å². The Bertz CT molecular complexity index is 954. The zero-order chi connectivity index (χ0) is 18.7. The van der Waals surface area contributed by atoms with Gasteiger partial charge < -0.3 is 10.1 Å². The second kappa shape index (κ2) is 7.81. The van der Waals surface area contributed by atoms with E-state index in [1.165, 1.54) is 0 Å². The molecule has 0 atom stereocenters. The average Bonchev–Trinajstić information content (AvgIpc) is 2.90. The quantitative estimate of drug-likeness (QED) is 0.681. The lowest BCUT2D eigenvalue weighted by Crippen LogP contribution is -2.13. The van der Waals surface area contributed by atoms with Crippen LogP contribution in [0.25, 0.3) is 0 Å². The first-order valence-corrected chi connectivity index (χ1v) is 8.67. The van der Waals surface area contributed by atoms with Crippen molar-refractivity contribution < 1.29 is 9.53 Å². The smallest absolute Gasteiger partial charge is 0.260 e. The van der Waals surface area contributed by atoms with Crippen molar-refractivity contribution in [2.45, 2.75) is 13.5 Å². The fourth-order valence-corrected chi connectivity index (χ4v) is 3.11. The number of ether oxygens (including phenoxy) is 1. The topological polar surface area (TPSA) is 56.1 Å². The molecule has 3 rings (SSSR count). The number of rotatable bonds is 5. The first-order valence-electron chi connectivity index (χ1n) is 7.91. The van der Waals surface area contributed by atoms with Gasteiger partial charge in [0.05, 0.1) is 24.9 Å². The van der Waals surface area contributed by atoms with Crippen LogP contribution in [0.3, 0.4) is 0 Å². The van der Waals surface area contributed by atoms with Gasteiger partial charge in [-0.25, -0.2) is 4.68 Å². The summed E-state index contributed by atoms with van der Waals surface area (Å²) < 4.78 is 6.73. The standard InChI is InChI=1S/C19H17Cl2N3O2/c1-12-17(19(25)22-14-7-5-8-15(10-14)26-2)18(21)24(23-12)11-13-6-3-4-9-16(13)20/h3-10H,11H2,1-2H3,(H,22,25). The van der Waals surface area contributed by atoms with Crippen molar-refractivity contribution in [3.8, 4) is 5.75 Å². The zero-order valence-electron chi connectivity index (χ0n) is 14.3. The lowest BCUT2D eigenvalue weighted by Gasteiger charge is -2.08. The second-order valence-corrected chi connectivity index (χ2v) is 6.45. The van der Waals surface area contributed by atoms with Crippen LogP contribution in [0.5, 0.6) is 5.75 Å². The van der Waals surface area contributed by atoms with Crippen molar-refractivity contribution in [1.82, 2.24) is 9.78 Å². The highest BCUT2D eigenvalue weighted by atomic mass is 35.5. The molecule has 134 valence electrons. The maximum Gasteiger partial charge on any atom is 0.260 e. The van der Waals surface area contributed by atoms with E-state index in [0.717, 1.165) is 5.56 Å². The molecule has 0 radical (unpaired) electrons. The first kappa shape index (κ1) is 18.3. The van der Waals surface area contributed by atoms with Gasteiger partial charge in [-0.3, -0.25) is 4.79 Å². The van der Waals surface area contributed by atoms with Gasteiger partial charge in [-0.15, -0.1) is 0 Å². The minimum atomic E-state index is -0.328. The molecule has 0 unspecified atom stereocenters. The van der Waals surface area contributed by atoms with Gasteiger partial charge >= 0.3 is 0 Å². The molecule has 0 aliphatic carbocycles. The zero-order valence-corrected chi connectivity index (χ0v) is 15.8. The highest BCUT2D eigenvalue weighted by Gasteiger charge is 2.21. The molecule has 0 saturated heterocycles. The van der Waals surface area contributed by atoms with Gasteiger partial charge in [-0.2, -0.15) is 5.10 Å². The summed E-state index contributed by atoms with van der Waals surface area (Å²) in [7, 11) is 1.57. The van der Waals surface area contributed by atoms with Crippen LogP contribution in [0.15, 0.2) is 48.5 Å². The minimum Gasteiger partial charge on any atom is -0.497 e. The lowest BCUT2D eigenvalue weighted by molar-refractivity contribution is 0.102. The van der Waals surface area contributed by atoms with E-state index in [9.17, 15) is 4.79 Å². The predicted molar refractivity (Wildman–Crippen MR) is 103 cm³/mol. The number of nitrogens with one attached hydrogen (secondary N) is 1. The number of hydrogen-bond donors (Lipinski definition) is 1. The van der Waals surface area contributed by atoms with E-state index in [2.05, 4.69) is 10.4 Å². The van der Waals surface area contributed by atoms with Crippen LogP contribution in [0, 0.1) is 6.92 Å². The van der Waals surface area contributed by atoms with Gasteiger partial charge in [-0.05, 0) is 30.7 Å². The molecule has 1 amide bonds. The van der Waals surface area contributed by atoms with Crippen LogP contribution in [-0.4, -0.2) is 22.8 Å². The van der Waals surface area contributed by atoms with E-state index in [1.54, 1.807) is 49.0 Å². The number of halogens is 2. The Morgan fingerprint density at radius 1 is 1.19 bits per heavy atom. The maximum absolute atomic E-state index is 12.7. The molecular weight excluding hydrogens is 373 g/mol. The largest absolute Gasteiger partial charge is 0.497 e. The lowest BCUT2D eigenvalue weighted by atomic mass is 10.2. The van der Waals surface area contributed by atoms with E-state index in [4.69, 9.17) is 27.9 Å². The Labute approximate surface area is 161 Å².